The van der Waals surface area contributed by atoms with Gasteiger partial charge in [-0.2, -0.15) is 0 Å². The summed E-state index contributed by atoms with van der Waals surface area (Å²) in [6, 6.07) is 10.4. The molecule has 31 heavy (non-hydrogen) atoms. The molecule has 0 aliphatic carbocycles. The number of nitrogens with one attached hydrogen (secondary N) is 1. The van der Waals surface area contributed by atoms with Gasteiger partial charge in [0, 0.05) is 15.9 Å². The van der Waals surface area contributed by atoms with Gasteiger partial charge < -0.3 is 5.32 Å². The topological polar surface area (TPSA) is 99.7 Å². The number of carbonyl (C=O) groups is 4. The van der Waals surface area contributed by atoms with Crippen LogP contribution in [0.4, 0.5) is 10.5 Å². The van der Waals surface area contributed by atoms with E-state index in [0.29, 0.717) is 16.4 Å². The van der Waals surface area contributed by atoms with E-state index in [1.54, 1.807) is 11.4 Å². The number of amides is 5. The summed E-state index contributed by atoms with van der Waals surface area (Å²) in [6.45, 7) is 1.92. The van der Waals surface area contributed by atoms with Crippen LogP contribution in [0.15, 0.2) is 47.2 Å². The third kappa shape index (κ3) is 4.70. The van der Waals surface area contributed by atoms with Gasteiger partial charge in [-0.05, 0) is 30.5 Å². The largest absolute Gasteiger partial charge is 0.334 e. The highest BCUT2D eigenvalue weighted by Gasteiger charge is 2.44. The Bertz CT molecular complexity index is 1140. The summed E-state index contributed by atoms with van der Waals surface area (Å²) in [5.41, 5.74) is 2.25. The maximum Gasteiger partial charge on any atom is 0.334 e. The van der Waals surface area contributed by atoms with Crippen molar-refractivity contribution in [3.8, 4) is 0 Å². The van der Waals surface area contributed by atoms with Crippen molar-refractivity contribution < 1.29 is 19.2 Å². The highest BCUT2D eigenvalue weighted by atomic mass is 32.1. The van der Waals surface area contributed by atoms with Crippen molar-refractivity contribution in [2.45, 2.75) is 26.4 Å². The van der Waals surface area contributed by atoms with E-state index < -0.39 is 17.8 Å². The highest BCUT2D eigenvalue weighted by Crippen LogP contribution is 2.21. The third-order valence-electron chi connectivity index (χ3n) is 4.60. The van der Waals surface area contributed by atoms with Crippen LogP contribution in [-0.4, -0.2) is 38.5 Å². The Morgan fingerprint density at radius 3 is 2.39 bits per heavy atom. The van der Waals surface area contributed by atoms with Crippen LogP contribution in [-0.2, 0) is 33.9 Å². The average molecular weight is 455 g/mol. The first-order chi connectivity index (χ1) is 14.9. The van der Waals surface area contributed by atoms with Gasteiger partial charge in [-0.25, -0.2) is 14.7 Å². The summed E-state index contributed by atoms with van der Waals surface area (Å²) in [5.74, 6) is -1.92. The van der Waals surface area contributed by atoms with Crippen molar-refractivity contribution in [2.75, 3.05) is 5.32 Å². The number of anilines is 1. The first-order valence-corrected chi connectivity index (χ1v) is 11.2. The zero-order valence-electron chi connectivity index (χ0n) is 16.5. The molecule has 158 valence electrons. The van der Waals surface area contributed by atoms with Crippen LogP contribution in [0.3, 0.4) is 0 Å². The number of hydrogen-bond acceptors (Lipinski definition) is 7. The molecule has 1 aliphatic rings. The molecule has 0 atom stereocenters. The Morgan fingerprint density at radius 1 is 1.00 bits per heavy atom. The second-order valence-electron chi connectivity index (χ2n) is 6.97. The molecular weight excluding hydrogens is 436 g/mol. The summed E-state index contributed by atoms with van der Waals surface area (Å²) >= 11 is 2.67. The van der Waals surface area contributed by atoms with Crippen molar-refractivity contribution in [2.24, 2.45) is 0 Å². The lowest BCUT2D eigenvalue weighted by atomic mass is 10.2. The fourth-order valence-electron chi connectivity index (χ4n) is 3.03. The van der Waals surface area contributed by atoms with E-state index in [0.717, 1.165) is 20.2 Å². The van der Waals surface area contributed by atoms with Gasteiger partial charge in [-0.15, -0.1) is 22.7 Å². The molecule has 0 unspecified atom stereocenters. The van der Waals surface area contributed by atoms with E-state index in [1.807, 2.05) is 42.6 Å². The highest BCUT2D eigenvalue weighted by molar-refractivity contribution is 7.10. The van der Waals surface area contributed by atoms with Gasteiger partial charge in [0.25, 0.3) is 0 Å². The molecule has 1 aromatic carbocycles. The van der Waals surface area contributed by atoms with Gasteiger partial charge in [0.05, 0.1) is 25.2 Å². The van der Waals surface area contributed by atoms with E-state index in [1.165, 1.54) is 22.7 Å². The Labute approximate surface area is 186 Å². The Balaban J connectivity index is 1.37. The number of rotatable bonds is 7. The predicted molar refractivity (Wildman–Crippen MR) is 116 cm³/mol. The van der Waals surface area contributed by atoms with Gasteiger partial charge in [0.2, 0.25) is 5.91 Å². The maximum atomic E-state index is 12.6. The molecule has 1 N–H and O–H groups in total. The van der Waals surface area contributed by atoms with E-state index in [9.17, 15) is 19.2 Å². The molecule has 5 amide bonds. The average Bonchev–Trinajstić information content (AvgIpc) is 3.46. The molecule has 3 aromatic rings. The van der Waals surface area contributed by atoms with Crippen LogP contribution in [0, 0.1) is 6.92 Å². The maximum absolute atomic E-state index is 12.6. The number of aryl methyl sites for hydroxylation is 1. The number of hydrogen-bond donors (Lipinski definition) is 1. The summed E-state index contributed by atoms with van der Waals surface area (Å²) in [6.07, 6.45) is 0.0733. The van der Waals surface area contributed by atoms with E-state index in [4.69, 9.17) is 0 Å². The number of nitrogens with zero attached hydrogens (tertiary/aromatic N) is 3. The number of urea groups is 1. The van der Waals surface area contributed by atoms with E-state index >= 15 is 0 Å². The first-order valence-electron chi connectivity index (χ1n) is 9.40. The number of thiophene rings is 1. The standard InChI is InChI=1S/C21H18N4O4S2/c1-13-4-6-14(7-5-13)22-17(26)9-18-23-15(12-31-18)10-24-19(27)20(28)25(21(24)29)11-16-3-2-8-30-16/h2-8,12H,9-11H2,1H3,(H,22,26). The van der Waals surface area contributed by atoms with Crippen LogP contribution < -0.4 is 5.32 Å². The van der Waals surface area contributed by atoms with Gasteiger partial charge in [0.15, 0.2) is 0 Å². The fraction of sp³-hybridized carbons (Fsp3) is 0.190. The van der Waals surface area contributed by atoms with Crippen LogP contribution in [0.1, 0.15) is 21.1 Å². The number of carbonyl (C=O) groups excluding carboxylic acids is 4. The van der Waals surface area contributed by atoms with Crippen molar-refractivity contribution in [3.63, 3.8) is 0 Å². The minimum Gasteiger partial charge on any atom is -0.326 e. The molecule has 0 bridgehead atoms. The van der Waals surface area contributed by atoms with Gasteiger partial charge in [-0.1, -0.05) is 23.8 Å². The first kappa shape index (κ1) is 20.9. The minimum absolute atomic E-state index is 0.0685. The van der Waals surface area contributed by atoms with Gasteiger partial charge >= 0.3 is 17.8 Å². The SMILES string of the molecule is Cc1ccc(NC(=O)Cc2nc(CN3C(=O)C(=O)N(Cc4cccs4)C3=O)cs2)cc1. The lowest BCUT2D eigenvalue weighted by molar-refractivity contribution is -0.143. The third-order valence-corrected chi connectivity index (χ3v) is 6.35. The molecule has 1 saturated heterocycles. The second kappa shape index (κ2) is 8.78. The van der Waals surface area contributed by atoms with Crippen molar-refractivity contribution in [1.82, 2.24) is 14.8 Å². The Kier molecular flexibility index (Phi) is 5.92. The van der Waals surface area contributed by atoms with Crippen molar-refractivity contribution in [3.05, 3.63) is 68.3 Å². The lowest BCUT2D eigenvalue weighted by Crippen LogP contribution is -2.32. The summed E-state index contributed by atoms with van der Waals surface area (Å²) in [4.78, 5) is 56.4. The molecule has 0 spiro atoms. The summed E-state index contributed by atoms with van der Waals surface area (Å²) in [7, 11) is 0. The molecule has 2 aromatic heterocycles. The van der Waals surface area contributed by atoms with E-state index in [2.05, 4.69) is 10.3 Å². The molecule has 0 saturated carbocycles. The molecule has 1 aliphatic heterocycles. The number of thiazole rings is 1. The van der Waals surface area contributed by atoms with Gasteiger partial charge in [-0.3, -0.25) is 19.3 Å². The number of benzene rings is 1. The zero-order valence-corrected chi connectivity index (χ0v) is 18.2. The zero-order chi connectivity index (χ0) is 22.0. The van der Waals surface area contributed by atoms with Crippen LogP contribution >= 0.6 is 22.7 Å². The smallest absolute Gasteiger partial charge is 0.326 e. The molecule has 0 radical (unpaired) electrons. The molecule has 8 nitrogen and oxygen atoms in total. The molecule has 10 heteroatoms. The molecular formula is C21H18N4O4S2. The quantitative estimate of drug-likeness (QED) is 0.437. The number of imide groups is 2. The summed E-state index contributed by atoms with van der Waals surface area (Å²) in [5, 5.41) is 6.88. The molecule has 4 rings (SSSR count). The summed E-state index contributed by atoms with van der Waals surface area (Å²) < 4.78 is 0. The Morgan fingerprint density at radius 2 is 1.71 bits per heavy atom. The monoisotopic (exact) mass is 454 g/mol. The normalized spacial score (nSPS) is 13.9. The molecule has 3 heterocycles. The predicted octanol–water partition coefficient (Wildman–Crippen LogP) is 3.19. The number of aromatic nitrogens is 1. The lowest BCUT2D eigenvalue weighted by Gasteiger charge is -2.13. The van der Waals surface area contributed by atoms with E-state index in [-0.39, 0.29) is 25.4 Å². The molecule has 1 fully saturated rings. The minimum atomic E-state index is -0.867. The van der Waals surface area contributed by atoms with Crippen molar-refractivity contribution in [1.29, 1.82) is 0 Å². The van der Waals surface area contributed by atoms with Crippen LogP contribution in [0.2, 0.25) is 0 Å². The Hall–Kier alpha value is -3.37. The fourth-order valence-corrected chi connectivity index (χ4v) is 4.51. The second-order valence-corrected chi connectivity index (χ2v) is 8.94. The van der Waals surface area contributed by atoms with Crippen molar-refractivity contribution >= 4 is 52.1 Å². The van der Waals surface area contributed by atoms with Gasteiger partial charge in [0.1, 0.15) is 5.01 Å². The van der Waals surface area contributed by atoms with Crippen LogP contribution in [0.5, 0.6) is 0 Å². The van der Waals surface area contributed by atoms with Crippen LogP contribution in [0.25, 0.3) is 0 Å².